The largest absolute Gasteiger partial charge is 0.395 e. The van der Waals surface area contributed by atoms with Gasteiger partial charge in [0.05, 0.1) is 12.2 Å². The van der Waals surface area contributed by atoms with Crippen LogP contribution in [0.25, 0.3) is 0 Å². The molecule has 0 atom stereocenters. The highest BCUT2D eigenvalue weighted by atomic mass is 32.2. The second-order valence-electron chi connectivity index (χ2n) is 4.18. The topological polar surface area (TPSA) is 40.5 Å². The number of hydrogen-bond donors (Lipinski definition) is 1. The van der Waals surface area contributed by atoms with Crippen molar-refractivity contribution in [3.63, 3.8) is 0 Å². The molecule has 0 aliphatic carbocycles. The summed E-state index contributed by atoms with van der Waals surface area (Å²) in [5, 5.41) is 8.71. The quantitative estimate of drug-likeness (QED) is 0.845. The van der Waals surface area contributed by atoms with E-state index in [9.17, 15) is 9.18 Å². The Morgan fingerprint density at radius 1 is 1.50 bits per heavy atom. The summed E-state index contributed by atoms with van der Waals surface area (Å²) in [7, 11) is 1.69. The van der Waals surface area contributed by atoms with Crippen LogP contribution in [-0.4, -0.2) is 48.1 Å². The third kappa shape index (κ3) is 4.87. The van der Waals surface area contributed by atoms with Crippen molar-refractivity contribution in [1.29, 1.82) is 0 Å². The molecule has 0 aliphatic rings. The fourth-order valence-electron chi connectivity index (χ4n) is 1.55. The Labute approximate surface area is 123 Å². The number of rotatable bonds is 5. The average molecular weight is 295 g/mol. The summed E-state index contributed by atoms with van der Waals surface area (Å²) in [5.74, 6) is 5.67. The number of benzene rings is 1. The van der Waals surface area contributed by atoms with Crippen LogP contribution in [0.4, 0.5) is 4.39 Å². The van der Waals surface area contributed by atoms with E-state index in [4.69, 9.17) is 5.11 Å². The zero-order valence-corrected chi connectivity index (χ0v) is 12.5. The lowest BCUT2D eigenvalue weighted by atomic mass is 10.1. The molecule has 0 radical (unpaired) electrons. The molecule has 0 aromatic heterocycles. The Balaban J connectivity index is 3.00. The van der Waals surface area contributed by atoms with Gasteiger partial charge in [-0.2, -0.15) is 11.8 Å². The van der Waals surface area contributed by atoms with Gasteiger partial charge in [-0.25, -0.2) is 4.39 Å². The third-order valence-electron chi connectivity index (χ3n) is 2.65. The summed E-state index contributed by atoms with van der Waals surface area (Å²) in [6.45, 7) is 0.561. The highest BCUT2D eigenvalue weighted by molar-refractivity contribution is 7.98. The van der Waals surface area contributed by atoms with Crippen molar-refractivity contribution in [3.05, 3.63) is 35.1 Å². The zero-order chi connectivity index (χ0) is 15.0. The Morgan fingerprint density at radius 2 is 2.25 bits per heavy atom. The van der Waals surface area contributed by atoms with Crippen molar-refractivity contribution in [2.75, 3.05) is 32.2 Å². The zero-order valence-electron chi connectivity index (χ0n) is 11.6. The van der Waals surface area contributed by atoms with E-state index in [1.165, 1.54) is 18.2 Å². The van der Waals surface area contributed by atoms with E-state index in [1.54, 1.807) is 23.7 Å². The fraction of sp³-hybridized carbons (Fsp3) is 0.400. The first-order valence-electron chi connectivity index (χ1n) is 6.23. The van der Waals surface area contributed by atoms with Gasteiger partial charge in [0.2, 0.25) is 0 Å². The second kappa shape index (κ2) is 8.62. The van der Waals surface area contributed by atoms with Gasteiger partial charge >= 0.3 is 0 Å². The van der Waals surface area contributed by atoms with Crippen LogP contribution in [-0.2, 0) is 0 Å². The molecule has 0 bridgehead atoms. The van der Waals surface area contributed by atoms with Crippen LogP contribution in [0.1, 0.15) is 22.3 Å². The molecule has 108 valence electrons. The summed E-state index contributed by atoms with van der Waals surface area (Å²) < 4.78 is 13.3. The maximum atomic E-state index is 13.3. The van der Waals surface area contributed by atoms with Crippen LogP contribution in [0.15, 0.2) is 18.2 Å². The lowest BCUT2D eigenvalue weighted by molar-refractivity contribution is 0.0803. The molecule has 0 spiro atoms. The van der Waals surface area contributed by atoms with Crippen molar-refractivity contribution >= 4 is 17.7 Å². The Bertz CT molecular complexity index is 522. The third-order valence-corrected chi connectivity index (χ3v) is 3.24. The molecule has 1 aromatic rings. The number of thioether (sulfide) groups is 1. The second-order valence-corrected chi connectivity index (χ2v) is 5.17. The number of hydrogen-bond acceptors (Lipinski definition) is 3. The summed E-state index contributed by atoms with van der Waals surface area (Å²) in [6.07, 6.45) is 2.29. The van der Waals surface area contributed by atoms with Gasteiger partial charge in [-0.15, -0.1) is 0 Å². The van der Waals surface area contributed by atoms with Gasteiger partial charge in [-0.3, -0.25) is 4.79 Å². The van der Waals surface area contributed by atoms with Crippen molar-refractivity contribution in [3.8, 4) is 11.8 Å². The SMILES string of the molecule is CSCCN(C)C(=O)c1cc(F)ccc1C#CCCO. The van der Waals surface area contributed by atoms with Gasteiger partial charge in [-0.1, -0.05) is 11.8 Å². The normalized spacial score (nSPS) is 9.80. The van der Waals surface area contributed by atoms with Crippen LogP contribution in [0, 0.1) is 17.7 Å². The summed E-state index contributed by atoms with van der Waals surface area (Å²) in [5.41, 5.74) is 0.750. The van der Waals surface area contributed by atoms with Crippen LogP contribution < -0.4 is 0 Å². The van der Waals surface area contributed by atoms with Crippen LogP contribution in [0.2, 0.25) is 0 Å². The van der Waals surface area contributed by atoms with E-state index in [2.05, 4.69) is 11.8 Å². The molecule has 5 heteroatoms. The number of halogens is 1. The van der Waals surface area contributed by atoms with E-state index in [-0.39, 0.29) is 18.1 Å². The number of carbonyl (C=O) groups excluding carboxylic acids is 1. The Hall–Kier alpha value is -1.51. The molecule has 0 aliphatic heterocycles. The molecule has 0 heterocycles. The lowest BCUT2D eigenvalue weighted by Crippen LogP contribution is -2.29. The first kappa shape index (κ1) is 16.5. The summed E-state index contributed by atoms with van der Waals surface area (Å²) >= 11 is 1.64. The van der Waals surface area contributed by atoms with Gasteiger partial charge in [-0.05, 0) is 24.5 Å². The minimum absolute atomic E-state index is 0.0366. The van der Waals surface area contributed by atoms with Crippen LogP contribution >= 0.6 is 11.8 Å². The monoisotopic (exact) mass is 295 g/mol. The number of carbonyl (C=O) groups is 1. The number of aliphatic hydroxyl groups excluding tert-OH is 1. The lowest BCUT2D eigenvalue weighted by Gasteiger charge is -2.17. The summed E-state index contributed by atoms with van der Waals surface area (Å²) in [6, 6.07) is 3.98. The molecular weight excluding hydrogens is 277 g/mol. The van der Waals surface area contributed by atoms with Crippen molar-refractivity contribution in [2.24, 2.45) is 0 Å². The first-order chi connectivity index (χ1) is 9.60. The van der Waals surface area contributed by atoms with Crippen LogP contribution in [0.3, 0.4) is 0 Å². The van der Waals surface area contributed by atoms with E-state index >= 15 is 0 Å². The van der Waals surface area contributed by atoms with Crippen molar-refractivity contribution in [1.82, 2.24) is 4.90 Å². The Morgan fingerprint density at radius 3 is 2.90 bits per heavy atom. The Kier molecular flexibility index (Phi) is 7.13. The molecule has 0 saturated heterocycles. The first-order valence-corrected chi connectivity index (χ1v) is 7.63. The molecule has 1 N–H and O–H groups in total. The highest BCUT2D eigenvalue weighted by Crippen LogP contribution is 2.13. The summed E-state index contributed by atoms with van der Waals surface area (Å²) in [4.78, 5) is 13.8. The maximum absolute atomic E-state index is 13.3. The van der Waals surface area contributed by atoms with Crippen molar-refractivity contribution in [2.45, 2.75) is 6.42 Å². The fourth-order valence-corrected chi connectivity index (χ4v) is 2.01. The standard InChI is InChI=1S/C15H18FNO2S/c1-17(8-10-20-2)15(19)14-11-13(16)7-6-12(14)5-3-4-9-18/h6-7,11,18H,4,8-10H2,1-2H3. The number of amides is 1. The molecule has 0 fully saturated rings. The van der Waals surface area contributed by atoms with E-state index < -0.39 is 5.82 Å². The molecule has 1 aromatic carbocycles. The molecule has 3 nitrogen and oxygen atoms in total. The van der Waals surface area contributed by atoms with Gasteiger partial charge < -0.3 is 10.0 Å². The van der Waals surface area contributed by atoms with Gasteiger partial charge in [0.1, 0.15) is 5.82 Å². The minimum atomic E-state index is -0.459. The number of nitrogens with zero attached hydrogens (tertiary/aromatic N) is 1. The molecule has 1 amide bonds. The molecule has 0 unspecified atom stereocenters. The van der Waals surface area contributed by atoms with Gasteiger partial charge in [0, 0.05) is 31.3 Å². The highest BCUT2D eigenvalue weighted by Gasteiger charge is 2.15. The van der Waals surface area contributed by atoms with Crippen LogP contribution in [0.5, 0.6) is 0 Å². The molecule has 20 heavy (non-hydrogen) atoms. The van der Waals surface area contributed by atoms with Gasteiger partial charge in [0.15, 0.2) is 0 Å². The minimum Gasteiger partial charge on any atom is -0.395 e. The average Bonchev–Trinajstić information content (AvgIpc) is 2.45. The van der Waals surface area contributed by atoms with Crippen molar-refractivity contribution < 1.29 is 14.3 Å². The maximum Gasteiger partial charge on any atom is 0.254 e. The van der Waals surface area contributed by atoms with E-state index in [1.807, 2.05) is 6.26 Å². The van der Waals surface area contributed by atoms with Gasteiger partial charge in [0.25, 0.3) is 5.91 Å². The predicted octanol–water partition coefficient (Wildman–Crippen LogP) is 1.99. The number of aliphatic hydroxyl groups is 1. The van der Waals surface area contributed by atoms with E-state index in [0.717, 1.165) is 5.75 Å². The molecule has 1 rings (SSSR count). The smallest absolute Gasteiger partial charge is 0.254 e. The molecular formula is C15H18FNO2S. The van der Waals surface area contributed by atoms with E-state index in [0.29, 0.717) is 18.5 Å². The molecule has 0 saturated carbocycles. The predicted molar refractivity (Wildman–Crippen MR) is 80.3 cm³/mol.